The van der Waals surface area contributed by atoms with E-state index in [0.717, 1.165) is 32.1 Å². The van der Waals surface area contributed by atoms with Crippen molar-refractivity contribution in [2.75, 3.05) is 0 Å². The fourth-order valence-electron chi connectivity index (χ4n) is 4.64. The number of nitrogens with two attached hydrogens (primary N) is 1. The van der Waals surface area contributed by atoms with Gasteiger partial charge in [-0.3, -0.25) is 14.4 Å². The fourth-order valence-corrected chi connectivity index (χ4v) is 4.64. The second-order valence-corrected chi connectivity index (χ2v) is 10.8. The Bertz CT molecular complexity index is 1040. The molecule has 0 spiro atoms. The molecule has 1 aliphatic carbocycles. The molecule has 4 N–H and O–H groups in total. The third kappa shape index (κ3) is 8.79. The summed E-state index contributed by atoms with van der Waals surface area (Å²) in [4.78, 5) is 54.0. The first-order chi connectivity index (χ1) is 17.9. The van der Waals surface area contributed by atoms with E-state index in [4.69, 9.17) is 16.9 Å². The minimum atomic E-state index is -1.33. The third-order valence-electron chi connectivity index (χ3n) is 6.60. The van der Waals surface area contributed by atoms with Gasteiger partial charge in [0, 0.05) is 17.6 Å². The first kappa shape index (κ1) is 30.7. The van der Waals surface area contributed by atoms with Crippen molar-refractivity contribution in [1.29, 1.82) is 0 Å². The Morgan fingerprint density at radius 2 is 1.79 bits per heavy atom. The minimum Gasteiger partial charge on any atom is -0.444 e. The Kier molecular flexibility index (Phi) is 11.2. The highest BCUT2D eigenvalue weighted by Gasteiger charge is 2.40. The van der Waals surface area contributed by atoms with Crippen LogP contribution in [0.25, 0.3) is 0 Å². The zero-order valence-corrected chi connectivity index (χ0v) is 23.2. The molecule has 0 saturated heterocycles. The second kappa shape index (κ2) is 13.8. The quantitative estimate of drug-likeness (QED) is 0.401. The van der Waals surface area contributed by atoms with Crippen molar-refractivity contribution < 1.29 is 23.9 Å². The van der Waals surface area contributed by atoms with Crippen LogP contribution in [0.3, 0.4) is 0 Å². The lowest BCUT2D eigenvalue weighted by atomic mass is 9.93. The number of alkyl carbamates (subject to hydrolysis) is 1. The molecule has 1 aliphatic rings. The number of rotatable bonds is 10. The summed E-state index contributed by atoms with van der Waals surface area (Å²) >= 11 is 0. The van der Waals surface area contributed by atoms with E-state index in [1.165, 1.54) is 4.90 Å². The first-order valence-corrected chi connectivity index (χ1v) is 13.3. The van der Waals surface area contributed by atoms with Gasteiger partial charge in [0.25, 0.3) is 0 Å². The number of ether oxygens (including phenoxy) is 1. The van der Waals surface area contributed by atoms with Crippen LogP contribution in [0.5, 0.6) is 0 Å². The Balaban J connectivity index is 2.56. The van der Waals surface area contributed by atoms with E-state index >= 15 is 0 Å². The summed E-state index contributed by atoms with van der Waals surface area (Å²) in [5.41, 5.74) is 5.60. The van der Waals surface area contributed by atoms with Crippen molar-refractivity contribution in [3.8, 4) is 12.3 Å². The highest BCUT2D eigenvalue weighted by atomic mass is 16.6. The van der Waals surface area contributed by atoms with Crippen LogP contribution in [0, 0.1) is 12.3 Å². The molecule has 4 amide bonds. The van der Waals surface area contributed by atoms with Crippen LogP contribution in [0.15, 0.2) is 24.3 Å². The summed E-state index contributed by atoms with van der Waals surface area (Å²) in [6, 6.07) is 4.11. The maximum absolute atomic E-state index is 14.1. The summed E-state index contributed by atoms with van der Waals surface area (Å²) in [5, 5.41) is 5.62. The summed E-state index contributed by atoms with van der Waals surface area (Å²) < 4.78 is 5.32. The molecule has 1 fully saturated rings. The summed E-state index contributed by atoms with van der Waals surface area (Å²) in [6.45, 7) is 8.76. The van der Waals surface area contributed by atoms with E-state index in [0.29, 0.717) is 17.5 Å². The van der Waals surface area contributed by atoms with Gasteiger partial charge in [-0.2, -0.15) is 0 Å². The van der Waals surface area contributed by atoms with Crippen LogP contribution in [0.2, 0.25) is 0 Å². The Morgan fingerprint density at radius 3 is 2.34 bits per heavy atom. The molecule has 1 saturated carbocycles. The summed E-state index contributed by atoms with van der Waals surface area (Å²) in [7, 11) is 0. The molecule has 1 aromatic rings. The molecule has 1 aromatic carbocycles. The molecular weight excluding hydrogens is 484 g/mol. The number of primary amides is 1. The van der Waals surface area contributed by atoms with Gasteiger partial charge in [0.2, 0.25) is 17.7 Å². The van der Waals surface area contributed by atoms with Crippen LogP contribution in [-0.4, -0.2) is 52.4 Å². The molecular formula is C29H42N4O5. The normalized spacial score (nSPS) is 16.3. The van der Waals surface area contributed by atoms with E-state index in [1.54, 1.807) is 45.0 Å². The van der Waals surface area contributed by atoms with Crippen molar-refractivity contribution in [2.45, 2.75) is 109 Å². The van der Waals surface area contributed by atoms with Gasteiger partial charge in [0.05, 0.1) is 6.42 Å². The smallest absolute Gasteiger partial charge is 0.408 e. The first-order valence-electron chi connectivity index (χ1n) is 13.3. The van der Waals surface area contributed by atoms with Gasteiger partial charge in [0.15, 0.2) is 0 Å². The number of hydrogen-bond donors (Lipinski definition) is 3. The molecule has 0 radical (unpaired) electrons. The standard InChI is InChI=1S/C29H42N4O5/c1-7-19(3)33(27(36)23(18-24(30)34)32-28(37)38-29(4,5)6)25(22-17-13-12-14-20(22)8-2)26(35)31-21-15-10-9-11-16-21/h2,12-14,17,19,21,23,25H,7,9-11,15-16,18H2,1,3-6H3,(H2,30,34)(H,31,35)(H,32,37). The van der Waals surface area contributed by atoms with Crippen molar-refractivity contribution in [1.82, 2.24) is 15.5 Å². The summed E-state index contributed by atoms with van der Waals surface area (Å²) in [5.74, 6) is 0.858. The highest BCUT2D eigenvalue weighted by Crippen LogP contribution is 2.30. The lowest BCUT2D eigenvalue weighted by Gasteiger charge is -2.39. The summed E-state index contributed by atoms with van der Waals surface area (Å²) in [6.07, 6.45) is 9.85. The van der Waals surface area contributed by atoms with E-state index < -0.39 is 48.1 Å². The lowest BCUT2D eigenvalue weighted by Crippen LogP contribution is -2.57. The van der Waals surface area contributed by atoms with Gasteiger partial charge in [-0.15, -0.1) is 6.42 Å². The monoisotopic (exact) mass is 526 g/mol. The molecule has 9 heteroatoms. The largest absolute Gasteiger partial charge is 0.444 e. The number of benzene rings is 1. The molecule has 9 nitrogen and oxygen atoms in total. The van der Waals surface area contributed by atoms with E-state index in [9.17, 15) is 19.2 Å². The molecule has 38 heavy (non-hydrogen) atoms. The SMILES string of the molecule is C#Cc1ccccc1C(C(=O)NC1CCCCC1)N(C(=O)C(CC(N)=O)NC(=O)OC(C)(C)C)C(C)CC. The number of carbonyl (C=O) groups is 4. The second-order valence-electron chi connectivity index (χ2n) is 10.8. The van der Waals surface area contributed by atoms with Crippen LogP contribution < -0.4 is 16.4 Å². The van der Waals surface area contributed by atoms with Gasteiger partial charge in [-0.25, -0.2) is 4.79 Å². The van der Waals surface area contributed by atoms with E-state index in [1.807, 2.05) is 13.8 Å². The maximum Gasteiger partial charge on any atom is 0.408 e. The Hall–Kier alpha value is -3.54. The fraction of sp³-hybridized carbons (Fsp3) is 0.586. The van der Waals surface area contributed by atoms with Crippen LogP contribution in [0.1, 0.15) is 96.7 Å². The number of hydrogen-bond acceptors (Lipinski definition) is 5. The van der Waals surface area contributed by atoms with Gasteiger partial charge in [-0.1, -0.05) is 50.3 Å². The van der Waals surface area contributed by atoms with Crippen molar-refractivity contribution in [3.05, 3.63) is 35.4 Å². The molecule has 3 atom stereocenters. The Labute approximate surface area is 226 Å². The predicted octanol–water partition coefficient (Wildman–Crippen LogP) is 3.55. The van der Waals surface area contributed by atoms with Crippen LogP contribution in [-0.2, 0) is 19.1 Å². The minimum absolute atomic E-state index is 0.00747. The average Bonchev–Trinajstić information content (AvgIpc) is 2.85. The van der Waals surface area contributed by atoms with E-state index in [-0.39, 0.29) is 11.9 Å². The van der Waals surface area contributed by atoms with Gasteiger partial charge >= 0.3 is 6.09 Å². The van der Waals surface area contributed by atoms with Gasteiger partial charge < -0.3 is 26.0 Å². The number of nitrogens with one attached hydrogen (secondary N) is 2. The number of amides is 4. The predicted molar refractivity (Wildman–Crippen MR) is 146 cm³/mol. The molecule has 0 heterocycles. The molecule has 0 aliphatic heterocycles. The topological polar surface area (TPSA) is 131 Å². The average molecular weight is 527 g/mol. The highest BCUT2D eigenvalue weighted by molar-refractivity contribution is 5.95. The van der Waals surface area contributed by atoms with Crippen molar-refractivity contribution in [3.63, 3.8) is 0 Å². The zero-order valence-electron chi connectivity index (χ0n) is 23.2. The molecule has 0 aromatic heterocycles. The maximum atomic E-state index is 14.1. The van der Waals surface area contributed by atoms with Gasteiger partial charge in [0.1, 0.15) is 17.7 Å². The van der Waals surface area contributed by atoms with Crippen molar-refractivity contribution in [2.24, 2.45) is 5.73 Å². The van der Waals surface area contributed by atoms with Crippen LogP contribution >= 0.6 is 0 Å². The third-order valence-corrected chi connectivity index (χ3v) is 6.60. The Morgan fingerprint density at radius 1 is 1.16 bits per heavy atom. The number of nitrogens with zero attached hydrogens (tertiary/aromatic N) is 1. The molecule has 208 valence electrons. The zero-order chi connectivity index (χ0) is 28.5. The van der Waals surface area contributed by atoms with Crippen LogP contribution in [0.4, 0.5) is 4.79 Å². The van der Waals surface area contributed by atoms with Gasteiger partial charge in [-0.05, 0) is 58.6 Å². The lowest BCUT2D eigenvalue weighted by molar-refractivity contribution is -0.146. The molecule has 3 unspecified atom stereocenters. The molecule has 2 rings (SSSR count). The number of terminal acetylenes is 1. The number of carbonyl (C=O) groups excluding carboxylic acids is 4. The van der Waals surface area contributed by atoms with Crippen molar-refractivity contribution >= 4 is 23.8 Å². The molecule has 0 bridgehead atoms. The van der Waals surface area contributed by atoms with E-state index in [2.05, 4.69) is 16.6 Å².